The molecular formula is C13H17ClN2O. The van der Waals surface area contributed by atoms with Gasteiger partial charge in [0.1, 0.15) is 0 Å². The number of hydrogen-bond donors (Lipinski definition) is 2. The van der Waals surface area contributed by atoms with Crippen molar-refractivity contribution in [2.45, 2.75) is 20.4 Å². The van der Waals surface area contributed by atoms with Gasteiger partial charge in [0, 0.05) is 17.8 Å². The van der Waals surface area contributed by atoms with Crippen LogP contribution in [0, 0.1) is 5.92 Å². The smallest absolute Gasteiger partial charge is 0.319 e. The van der Waals surface area contributed by atoms with Crippen LogP contribution in [0.1, 0.15) is 19.4 Å². The van der Waals surface area contributed by atoms with E-state index in [2.05, 4.69) is 10.6 Å². The Balaban J connectivity index is 2.31. The molecule has 0 spiro atoms. The molecule has 0 aliphatic carbocycles. The average Bonchev–Trinajstić information content (AvgIpc) is 2.28. The second kappa shape index (κ2) is 6.97. The second-order valence-electron chi connectivity index (χ2n) is 4.06. The van der Waals surface area contributed by atoms with E-state index in [1.165, 1.54) is 0 Å². The van der Waals surface area contributed by atoms with Crippen LogP contribution in [0.25, 0.3) is 0 Å². The fourth-order valence-corrected chi connectivity index (χ4v) is 1.28. The van der Waals surface area contributed by atoms with Crippen molar-refractivity contribution in [3.8, 4) is 0 Å². The zero-order chi connectivity index (χ0) is 12.7. The quantitative estimate of drug-likeness (QED) is 0.848. The van der Waals surface area contributed by atoms with Crippen molar-refractivity contribution in [2.75, 3.05) is 0 Å². The highest BCUT2D eigenvalue weighted by Crippen LogP contribution is 2.08. The first-order valence-electron chi connectivity index (χ1n) is 5.53. The van der Waals surface area contributed by atoms with E-state index in [-0.39, 0.29) is 6.03 Å². The van der Waals surface area contributed by atoms with Crippen molar-refractivity contribution in [3.05, 3.63) is 47.1 Å². The Kier molecular flexibility index (Phi) is 5.57. The molecule has 2 N–H and O–H groups in total. The number of hydrogen-bond acceptors (Lipinski definition) is 1. The van der Waals surface area contributed by atoms with Crippen LogP contribution in [0.5, 0.6) is 0 Å². The minimum atomic E-state index is -0.211. The van der Waals surface area contributed by atoms with Gasteiger partial charge in [0.05, 0.1) is 0 Å². The molecule has 0 atom stereocenters. The summed E-state index contributed by atoms with van der Waals surface area (Å²) >= 11 is 5.76. The molecule has 1 aromatic carbocycles. The van der Waals surface area contributed by atoms with Gasteiger partial charge in [-0.15, -0.1) is 0 Å². The lowest BCUT2D eigenvalue weighted by atomic mass is 10.2. The molecule has 0 fully saturated rings. The highest BCUT2D eigenvalue weighted by atomic mass is 35.5. The van der Waals surface area contributed by atoms with Crippen LogP contribution in [-0.4, -0.2) is 6.03 Å². The summed E-state index contributed by atoms with van der Waals surface area (Å²) in [7, 11) is 0. The average molecular weight is 253 g/mol. The third-order valence-electron chi connectivity index (χ3n) is 2.06. The van der Waals surface area contributed by atoms with E-state index < -0.39 is 0 Å². The molecule has 92 valence electrons. The fraction of sp³-hybridized carbons (Fsp3) is 0.308. The van der Waals surface area contributed by atoms with Gasteiger partial charge in [-0.25, -0.2) is 4.79 Å². The second-order valence-corrected chi connectivity index (χ2v) is 4.49. The van der Waals surface area contributed by atoms with Gasteiger partial charge >= 0.3 is 6.03 Å². The molecule has 17 heavy (non-hydrogen) atoms. The molecule has 1 rings (SSSR count). The maximum atomic E-state index is 11.4. The summed E-state index contributed by atoms with van der Waals surface area (Å²) < 4.78 is 0. The predicted molar refractivity (Wildman–Crippen MR) is 70.8 cm³/mol. The first-order valence-corrected chi connectivity index (χ1v) is 5.91. The van der Waals surface area contributed by atoms with E-state index in [0.717, 1.165) is 5.56 Å². The molecule has 0 radical (unpaired) electrons. The number of nitrogens with one attached hydrogen (secondary N) is 2. The normalized spacial score (nSPS) is 10.8. The molecule has 0 saturated heterocycles. The lowest BCUT2D eigenvalue weighted by Gasteiger charge is -2.05. The maximum Gasteiger partial charge on any atom is 0.319 e. The molecule has 4 heteroatoms. The van der Waals surface area contributed by atoms with Crippen LogP contribution in [0.4, 0.5) is 4.79 Å². The van der Waals surface area contributed by atoms with E-state index in [4.69, 9.17) is 11.6 Å². The molecule has 0 aliphatic heterocycles. The lowest BCUT2D eigenvalue weighted by molar-refractivity contribution is 0.243. The van der Waals surface area contributed by atoms with Crippen LogP contribution >= 0.6 is 11.6 Å². The monoisotopic (exact) mass is 252 g/mol. The highest BCUT2D eigenvalue weighted by molar-refractivity contribution is 6.30. The van der Waals surface area contributed by atoms with E-state index in [9.17, 15) is 4.79 Å². The molecule has 0 aliphatic rings. The number of benzene rings is 1. The van der Waals surface area contributed by atoms with Gasteiger partial charge in [0.25, 0.3) is 0 Å². The van der Waals surface area contributed by atoms with E-state index in [0.29, 0.717) is 17.5 Å². The number of halogens is 1. The van der Waals surface area contributed by atoms with Crippen molar-refractivity contribution >= 4 is 17.6 Å². The van der Waals surface area contributed by atoms with Crippen molar-refractivity contribution in [1.29, 1.82) is 0 Å². The molecule has 0 saturated carbocycles. The summed E-state index contributed by atoms with van der Waals surface area (Å²) in [5, 5.41) is 6.08. The third-order valence-corrected chi connectivity index (χ3v) is 2.31. The summed E-state index contributed by atoms with van der Waals surface area (Å²) in [6.45, 7) is 4.58. The third kappa shape index (κ3) is 5.97. The zero-order valence-electron chi connectivity index (χ0n) is 10.0. The molecule has 2 amide bonds. The number of carbonyl (C=O) groups excluding carboxylic acids is 1. The summed E-state index contributed by atoms with van der Waals surface area (Å²) in [5.41, 5.74) is 1.01. The molecule has 0 bridgehead atoms. The molecular weight excluding hydrogens is 236 g/mol. The fourth-order valence-electron chi connectivity index (χ4n) is 1.15. The first kappa shape index (κ1) is 13.6. The molecule has 0 unspecified atom stereocenters. The van der Waals surface area contributed by atoms with Crippen molar-refractivity contribution in [1.82, 2.24) is 10.6 Å². The van der Waals surface area contributed by atoms with Crippen LogP contribution in [0.3, 0.4) is 0 Å². The predicted octanol–water partition coefficient (Wildman–Crippen LogP) is 3.31. The molecule has 0 aromatic heterocycles. The van der Waals surface area contributed by atoms with Crippen molar-refractivity contribution < 1.29 is 4.79 Å². The van der Waals surface area contributed by atoms with Gasteiger partial charge < -0.3 is 10.6 Å². The Morgan fingerprint density at radius 3 is 2.59 bits per heavy atom. The SMILES string of the molecule is CC(C)/C=C/NC(=O)NCc1ccc(Cl)cc1. The van der Waals surface area contributed by atoms with E-state index in [1.807, 2.05) is 32.1 Å². The van der Waals surface area contributed by atoms with Gasteiger partial charge in [-0.2, -0.15) is 0 Å². The summed E-state index contributed by atoms with van der Waals surface area (Å²) in [6.07, 6.45) is 3.57. The summed E-state index contributed by atoms with van der Waals surface area (Å²) in [5.74, 6) is 0.423. The minimum Gasteiger partial charge on any atom is -0.334 e. The molecule has 3 nitrogen and oxygen atoms in total. The van der Waals surface area contributed by atoms with E-state index in [1.54, 1.807) is 18.3 Å². The van der Waals surface area contributed by atoms with Crippen LogP contribution < -0.4 is 10.6 Å². The molecule has 0 heterocycles. The Morgan fingerprint density at radius 1 is 1.35 bits per heavy atom. The Morgan fingerprint density at radius 2 is 2.00 bits per heavy atom. The minimum absolute atomic E-state index is 0.211. The standard InChI is InChI=1S/C13H17ClN2O/c1-10(2)7-8-15-13(17)16-9-11-3-5-12(14)6-4-11/h3-8,10H,9H2,1-2H3,(H2,15,16,17)/b8-7+. The Hall–Kier alpha value is -1.48. The number of amides is 2. The van der Waals surface area contributed by atoms with Gasteiger partial charge in [0.2, 0.25) is 0 Å². The zero-order valence-corrected chi connectivity index (χ0v) is 10.8. The van der Waals surface area contributed by atoms with E-state index >= 15 is 0 Å². The van der Waals surface area contributed by atoms with Gasteiger partial charge in [-0.3, -0.25) is 0 Å². The first-order chi connectivity index (χ1) is 8.08. The highest BCUT2D eigenvalue weighted by Gasteiger charge is 1.97. The largest absolute Gasteiger partial charge is 0.334 e. The van der Waals surface area contributed by atoms with Crippen LogP contribution in [0.2, 0.25) is 5.02 Å². The van der Waals surface area contributed by atoms with Crippen LogP contribution in [0.15, 0.2) is 36.5 Å². The van der Waals surface area contributed by atoms with Gasteiger partial charge in [0.15, 0.2) is 0 Å². The van der Waals surface area contributed by atoms with Gasteiger partial charge in [-0.1, -0.05) is 43.7 Å². The Bertz CT molecular complexity index is 385. The summed E-state index contributed by atoms with van der Waals surface area (Å²) in [6, 6.07) is 7.15. The topological polar surface area (TPSA) is 41.1 Å². The number of carbonyl (C=O) groups is 1. The van der Waals surface area contributed by atoms with Gasteiger partial charge in [-0.05, 0) is 23.6 Å². The van der Waals surface area contributed by atoms with Crippen molar-refractivity contribution in [3.63, 3.8) is 0 Å². The number of allylic oxidation sites excluding steroid dienone is 1. The number of rotatable bonds is 4. The Labute approximate surface area is 107 Å². The summed E-state index contributed by atoms with van der Waals surface area (Å²) in [4.78, 5) is 11.4. The maximum absolute atomic E-state index is 11.4. The van der Waals surface area contributed by atoms with Crippen molar-refractivity contribution in [2.24, 2.45) is 5.92 Å². The van der Waals surface area contributed by atoms with Crippen LogP contribution in [-0.2, 0) is 6.54 Å². The molecule has 1 aromatic rings. The lowest BCUT2D eigenvalue weighted by Crippen LogP contribution is -2.31. The number of urea groups is 1.